The molecule has 0 unspecified atom stereocenters. The molecule has 6 aromatic rings. The van der Waals surface area contributed by atoms with Gasteiger partial charge in [-0.3, -0.25) is 28.9 Å². The average Bonchev–Trinajstić information content (AvgIpc) is 4.02. The molecule has 2 fully saturated rings. The largest absolute Gasteiger partial charge is 0.586 e. The Kier molecular flexibility index (Phi) is 15.7. The Labute approximate surface area is 430 Å². The SMILES string of the molecule is Cc1ccc(NC(=O)C2(c3ccc4c(c3)OC(F)(F)O4)CC2)nc1-c1cccc(C(=O)NCCCCCCCCNC(=O)CCN2CCC(C(=O)Nc3nc4ccc(NS(=O)(=O)c5cnccn5)cc4s3)CC2)c1. The number of hydrogen-bond acceptors (Lipinski definition) is 14. The lowest BCUT2D eigenvalue weighted by Gasteiger charge is -2.30. The third-order valence-corrected chi connectivity index (χ3v) is 15.6. The van der Waals surface area contributed by atoms with Gasteiger partial charge in [-0.05, 0) is 118 Å². The summed E-state index contributed by atoms with van der Waals surface area (Å²) in [5, 5.41) is 12.1. The maximum Gasteiger partial charge on any atom is 0.586 e. The molecule has 5 N–H and O–H groups in total. The Balaban J connectivity index is 0.614. The number of sulfonamides is 1. The Morgan fingerprint density at radius 2 is 1.58 bits per heavy atom. The average molecular weight is 1050 g/mol. The zero-order valence-electron chi connectivity index (χ0n) is 40.6. The zero-order valence-corrected chi connectivity index (χ0v) is 42.3. The number of rotatable bonds is 22. The van der Waals surface area contributed by atoms with Gasteiger partial charge in [0.2, 0.25) is 17.7 Å². The molecule has 0 spiro atoms. The first-order valence-corrected chi connectivity index (χ1v) is 27.0. The van der Waals surface area contributed by atoms with Crippen LogP contribution in [0.1, 0.15) is 92.1 Å². The summed E-state index contributed by atoms with van der Waals surface area (Å²) >= 11 is 1.26. The summed E-state index contributed by atoms with van der Waals surface area (Å²) in [5.74, 6) is -0.636. The fourth-order valence-electron chi connectivity index (χ4n) is 9.09. The molecule has 2 aliphatic heterocycles. The molecule has 3 aromatic heterocycles. The Bertz CT molecular complexity index is 3150. The minimum Gasteiger partial charge on any atom is -0.395 e. The summed E-state index contributed by atoms with van der Waals surface area (Å²) in [4.78, 5) is 71.6. The summed E-state index contributed by atoms with van der Waals surface area (Å²) in [6.45, 7) is 5.09. The predicted octanol–water partition coefficient (Wildman–Crippen LogP) is 8.18. The number of nitrogens with one attached hydrogen (secondary N) is 5. The number of alkyl halides is 2. The Morgan fingerprint density at radius 1 is 0.824 bits per heavy atom. The van der Waals surface area contributed by atoms with E-state index in [0.717, 1.165) is 49.7 Å². The fraction of sp³-hybridized carbons (Fsp3) is 0.385. The normalized spacial score (nSPS) is 15.8. The maximum absolute atomic E-state index is 13.6. The van der Waals surface area contributed by atoms with E-state index in [-0.39, 0.29) is 46.1 Å². The van der Waals surface area contributed by atoms with Crippen molar-refractivity contribution in [1.29, 1.82) is 0 Å². The van der Waals surface area contributed by atoms with Crippen molar-refractivity contribution < 1.29 is 45.9 Å². The van der Waals surface area contributed by atoms with Crippen LogP contribution in [0, 0.1) is 12.8 Å². The molecule has 0 radical (unpaired) electrons. The number of thiazole rings is 1. The van der Waals surface area contributed by atoms with Crippen LogP contribution in [0.3, 0.4) is 0 Å². The summed E-state index contributed by atoms with van der Waals surface area (Å²) in [5.41, 5.74) is 3.30. The molecule has 9 rings (SSSR count). The number of ether oxygens (including phenoxy) is 2. The molecular formula is C52H56F2N10O8S2. The molecule has 22 heteroatoms. The summed E-state index contributed by atoms with van der Waals surface area (Å²) in [7, 11) is -3.91. The molecule has 1 saturated heterocycles. The van der Waals surface area contributed by atoms with Gasteiger partial charge in [-0.15, -0.1) is 8.78 Å². The van der Waals surface area contributed by atoms with Crippen molar-refractivity contribution in [2.24, 2.45) is 5.92 Å². The number of halogens is 2. The van der Waals surface area contributed by atoms with Crippen LogP contribution >= 0.6 is 11.3 Å². The van der Waals surface area contributed by atoms with E-state index in [4.69, 9.17) is 4.98 Å². The quantitative estimate of drug-likeness (QED) is 0.0404. The number of amides is 4. The third kappa shape index (κ3) is 12.8. The summed E-state index contributed by atoms with van der Waals surface area (Å²) < 4.78 is 64.9. The highest BCUT2D eigenvalue weighted by atomic mass is 32.2. The van der Waals surface area contributed by atoms with Crippen molar-refractivity contribution >= 4 is 71.8 Å². The molecule has 3 aromatic carbocycles. The number of carbonyl (C=O) groups excluding carboxylic acids is 4. The van der Waals surface area contributed by atoms with E-state index < -0.39 is 21.7 Å². The number of likely N-dealkylation sites (tertiary alicyclic amines) is 1. The van der Waals surface area contributed by atoms with Crippen LogP contribution < -0.4 is 35.5 Å². The van der Waals surface area contributed by atoms with Gasteiger partial charge in [-0.25, -0.2) is 15.0 Å². The van der Waals surface area contributed by atoms with Crippen LogP contribution in [0.5, 0.6) is 11.5 Å². The van der Waals surface area contributed by atoms with Gasteiger partial charge in [0, 0.05) is 55.5 Å². The first kappa shape index (κ1) is 51.7. The predicted molar refractivity (Wildman–Crippen MR) is 275 cm³/mol. The van der Waals surface area contributed by atoms with Gasteiger partial charge in [0.25, 0.3) is 15.9 Å². The van der Waals surface area contributed by atoms with E-state index >= 15 is 0 Å². The topological polar surface area (TPSA) is 236 Å². The van der Waals surface area contributed by atoms with E-state index in [0.29, 0.717) is 109 Å². The lowest BCUT2D eigenvalue weighted by atomic mass is 9.94. The van der Waals surface area contributed by atoms with Gasteiger partial charge in [0.1, 0.15) is 5.82 Å². The monoisotopic (exact) mass is 1050 g/mol. The first-order chi connectivity index (χ1) is 35.6. The lowest BCUT2D eigenvalue weighted by molar-refractivity contribution is -0.286. The zero-order chi connectivity index (χ0) is 51.9. The van der Waals surface area contributed by atoms with Crippen LogP contribution in [-0.2, 0) is 29.8 Å². The molecule has 0 atom stereocenters. The van der Waals surface area contributed by atoms with Crippen LogP contribution in [0.25, 0.3) is 21.5 Å². The lowest BCUT2D eigenvalue weighted by Crippen LogP contribution is -2.40. The molecule has 3 aliphatic rings. The van der Waals surface area contributed by atoms with Crippen LogP contribution in [0.2, 0.25) is 0 Å². The summed E-state index contributed by atoms with van der Waals surface area (Å²) in [6.07, 6.45) is 8.62. The number of unbranched alkanes of at least 4 members (excludes halogenated alkanes) is 5. The number of aromatic nitrogens is 4. The van der Waals surface area contributed by atoms with Crippen molar-refractivity contribution in [3.05, 3.63) is 108 Å². The Morgan fingerprint density at radius 3 is 2.34 bits per heavy atom. The van der Waals surface area contributed by atoms with Crippen LogP contribution in [0.15, 0.2) is 96.4 Å². The molecule has 0 bridgehead atoms. The van der Waals surface area contributed by atoms with E-state index in [9.17, 15) is 36.4 Å². The second-order valence-electron chi connectivity index (χ2n) is 18.7. The molecule has 1 aliphatic carbocycles. The van der Waals surface area contributed by atoms with Crippen molar-refractivity contribution in [3.8, 4) is 22.8 Å². The molecule has 5 heterocycles. The maximum atomic E-state index is 13.6. The molecule has 74 heavy (non-hydrogen) atoms. The molecule has 18 nitrogen and oxygen atoms in total. The molecule has 4 amide bonds. The standard InChI is InChI=1S/C52H56F2N10O8S2/c1-33-11-16-43(61-49(68)51(20-21-51)37-12-15-40-41(30-37)72-52(53,54)71-40)60-46(33)35-9-8-10-36(29-35)47(66)58-23-7-5-3-2-4-6-22-56-44(65)19-28-64-26-17-34(18-27-64)48(67)62-50-59-39-14-13-38(31-42(39)73-50)63-74(69,70)45-32-55-24-25-57-45/h8-16,24-25,29-32,34,63H,2-7,17-23,26-28H2,1H3,(H,56,65)(H,58,66)(H,59,62,67)(H,60,61,68). The van der Waals surface area contributed by atoms with Gasteiger partial charge in [-0.1, -0.05) is 61.3 Å². The smallest absolute Gasteiger partial charge is 0.395 e. The number of fused-ring (bicyclic) bond motifs is 2. The number of carbonyl (C=O) groups is 4. The highest BCUT2D eigenvalue weighted by Gasteiger charge is 2.53. The highest BCUT2D eigenvalue weighted by molar-refractivity contribution is 7.92. The second-order valence-corrected chi connectivity index (χ2v) is 21.4. The van der Waals surface area contributed by atoms with Crippen molar-refractivity contribution in [2.45, 2.75) is 94.3 Å². The number of pyridine rings is 1. The minimum absolute atomic E-state index is 0.0120. The summed E-state index contributed by atoms with van der Waals surface area (Å²) in [6, 6.07) is 20.1. The van der Waals surface area contributed by atoms with Gasteiger partial charge in [0.05, 0.1) is 33.2 Å². The van der Waals surface area contributed by atoms with E-state index in [1.807, 2.05) is 19.1 Å². The minimum atomic E-state index is -3.91. The Hall–Kier alpha value is -7.17. The van der Waals surface area contributed by atoms with Crippen LogP contribution in [-0.4, -0.2) is 95.9 Å². The highest BCUT2D eigenvalue weighted by Crippen LogP contribution is 2.52. The fourth-order valence-corrected chi connectivity index (χ4v) is 10.9. The van der Waals surface area contributed by atoms with E-state index in [1.54, 1.807) is 48.5 Å². The number of benzene rings is 3. The molecule has 388 valence electrons. The number of aryl methyl sites for hydroxylation is 1. The van der Waals surface area contributed by atoms with Gasteiger partial charge in [-0.2, -0.15) is 8.42 Å². The van der Waals surface area contributed by atoms with Gasteiger partial charge >= 0.3 is 6.29 Å². The molecular weight excluding hydrogens is 995 g/mol. The number of piperidine rings is 1. The van der Waals surface area contributed by atoms with Crippen molar-refractivity contribution in [1.82, 2.24) is 35.5 Å². The first-order valence-electron chi connectivity index (χ1n) is 24.7. The van der Waals surface area contributed by atoms with Gasteiger partial charge in [0.15, 0.2) is 21.7 Å². The second kappa shape index (κ2) is 22.5. The number of nitrogens with zero attached hydrogens (tertiary/aromatic N) is 5. The van der Waals surface area contributed by atoms with Crippen LogP contribution in [0.4, 0.5) is 25.4 Å². The van der Waals surface area contributed by atoms with Gasteiger partial charge < -0.3 is 35.6 Å². The number of anilines is 3. The molecule has 1 saturated carbocycles. The van der Waals surface area contributed by atoms with Crippen molar-refractivity contribution in [2.75, 3.05) is 48.1 Å². The number of hydrogen-bond donors (Lipinski definition) is 5. The van der Waals surface area contributed by atoms with E-state index in [2.05, 4.69) is 55.3 Å². The third-order valence-electron chi connectivity index (χ3n) is 13.4. The van der Waals surface area contributed by atoms with E-state index in [1.165, 1.54) is 42.1 Å². The van der Waals surface area contributed by atoms with Crippen molar-refractivity contribution in [3.63, 3.8) is 0 Å².